The summed E-state index contributed by atoms with van der Waals surface area (Å²) in [5.74, 6) is -1.56. The number of rotatable bonds is 53. The molecule has 0 spiro atoms. The van der Waals surface area contributed by atoms with Gasteiger partial charge >= 0.3 is 25.7 Å². The predicted molar refractivity (Wildman–Crippen MR) is 307 cm³/mol. The highest BCUT2D eigenvalue weighted by atomic mass is 31.2. The average molecular weight is 1060 g/mol. The Balaban J connectivity index is 4.79. The molecule has 0 aromatic heterocycles. The minimum absolute atomic E-state index is 0.0822. The molecule has 0 saturated carbocycles. The van der Waals surface area contributed by atoms with E-state index in [1.807, 2.05) is 12.2 Å². The molecule has 0 fully saturated rings. The first-order valence-electron chi connectivity index (χ1n) is 29.1. The molecular formula is C62H105O11P. The van der Waals surface area contributed by atoms with E-state index in [4.69, 9.17) is 23.3 Å². The molecule has 0 bridgehead atoms. The molecular weight excluding hydrogens is 952 g/mol. The lowest BCUT2D eigenvalue weighted by Gasteiger charge is -2.21. The number of unbranched alkanes of at least 4 members (excludes halogenated alkanes) is 20. The van der Waals surface area contributed by atoms with Gasteiger partial charge in [-0.1, -0.05) is 208 Å². The Morgan fingerprint density at radius 3 is 1.20 bits per heavy atom. The molecule has 2 N–H and O–H groups in total. The Bertz CT molecular complexity index is 1610. The van der Waals surface area contributed by atoms with Crippen LogP contribution in [0.1, 0.15) is 239 Å². The van der Waals surface area contributed by atoms with Crippen LogP contribution in [0.3, 0.4) is 0 Å². The van der Waals surface area contributed by atoms with Crippen LogP contribution in [0.2, 0.25) is 0 Å². The second-order valence-corrected chi connectivity index (χ2v) is 20.5. The van der Waals surface area contributed by atoms with Gasteiger partial charge in [0.15, 0.2) is 6.10 Å². The van der Waals surface area contributed by atoms with Crippen LogP contribution in [0, 0.1) is 0 Å². The lowest BCUT2D eigenvalue weighted by molar-refractivity contribution is -0.161. The highest BCUT2D eigenvalue weighted by Crippen LogP contribution is 2.43. The molecule has 3 atom stereocenters. The van der Waals surface area contributed by atoms with Crippen molar-refractivity contribution in [2.75, 3.05) is 26.4 Å². The van der Waals surface area contributed by atoms with E-state index >= 15 is 0 Å². The molecule has 0 aromatic carbocycles. The number of phosphoric acid groups is 1. The number of carbonyl (C=O) groups excluding carboxylic acids is 3. The van der Waals surface area contributed by atoms with Crippen LogP contribution < -0.4 is 0 Å². The molecule has 0 aliphatic carbocycles. The molecule has 0 saturated heterocycles. The van der Waals surface area contributed by atoms with Crippen molar-refractivity contribution < 1.29 is 52.2 Å². The van der Waals surface area contributed by atoms with E-state index in [0.717, 1.165) is 109 Å². The molecule has 74 heavy (non-hydrogen) atoms. The average Bonchev–Trinajstić information content (AvgIpc) is 3.39. The molecule has 3 unspecified atom stereocenters. The summed E-state index contributed by atoms with van der Waals surface area (Å²) in [6.07, 6.45) is 65.1. The van der Waals surface area contributed by atoms with Gasteiger partial charge in [0.25, 0.3) is 0 Å². The van der Waals surface area contributed by atoms with Crippen LogP contribution >= 0.6 is 7.82 Å². The largest absolute Gasteiger partial charge is 0.472 e. The summed E-state index contributed by atoms with van der Waals surface area (Å²) in [5, 5.41) is 9.82. The van der Waals surface area contributed by atoms with E-state index in [0.29, 0.717) is 25.7 Å². The molecule has 0 aliphatic rings. The second kappa shape index (κ2) is 55.6. The van der Waals surface area contributed by atoms with Crippen LogP contribution in [-0.2, 0) is 42.2 Å². The quantitative estimate of drug-likeness (QED) is 0.0197. The Labute approximate surface area is 451 Å². The van der Waals surface area contributed by atoms with Gasteiger partial charge in [-0.05, 0) is 109 Å². The summed E-state index contributed by atoms with van der Waals surface area (Å²) < 4.78 is 39.4. The molecule has 12 heteroatoms. The number of allylic oxidation sites excluding steroid dienone is 16. The summed E-state index contributed by atoms with van der Waals surface area (Å²) >= 11 is 0. The van der Waals surface area contributed by atoms with E-state index in [1.165, 1.54) is 64.2 Å². The van der Waals surface area contributed by atoms with Crippen LogP contribution in [0.5, 0.6) is 0 Å². The molecule has 0 heterocycles. The van der Waals surface area contributed by atoms with Crippen LogP contribution in [-0.4, -0.2) is 66.5 Å². The third kappa shape index (κ3) is 53.2. The van der Waals surface area contributed by atoms with Crippen LogP contribution in [0.25, 0.3) is 0 Å². The fraction of sp³-hybridized carbons (Fsp3) is 0.694. The summed E-state index contributed by atoms with van der Waals surface area (Å²) in [5.41, 5.74) is 0. The number of hydrogen-bond donors (Lipinski definition) is 2. The van der Waals surface area contributed by atoms with E-state index in [1.54, 1.807) is 0 Å². The van der Waals surface area contributed by atoms with Crippen molar-refractivity contribution in [1.29, 1.82) is 0 Å². The monoisotopic (exact) mass is 1060 g/mol. The number of aliphatic hydroxyl groups is 1. The highest BCUT2D eigenvalue weighted by molar-refractivity contribution is 7.47. The number of carbonyl (C=O) groups is 3. The van der Waals surface area contributed by atoms with Gasteiger partial charge in [-0.25, -0.2) is 4.57 Å². The Morgan fingerprint density at radius 2 is 0.743 bits per heavy atom. The van der Waals surface area contributed by atoms with Crippen molar-refractivity contribution in [3.63, 3.8) is 0 Å². The van der Waals surface area contributed by atoms with E-state index in [2.05, 4.69) is 106 Å². The standard InChI is InChI=1S/C62H105O11P/c1-4-7-10-13-16-19-22-25-27-29-31-34-37-40-43-46-49-52-61(65)72-58(54-63)56-70-74(67,68)71-57-59(55-69-60(64)51-48-45-42-39-36-33-24-21-18-15-12-9-6-3)73-62(66)53-50-47-44-41-38-35-32-30-28-26-23-20-17-14-11-8-5-2/h8,11-12,15,17,20-21,24-28,32,35,41,44,58-59,63H,4-7,9-10,13-14,16,18-19,22-23,29-31,33-34,36-40,42-43,45-57H2,1-3H3,(H,67,68)/b11-8-,15-12-,20-17-,24-21-,27-25-,28-26-,35-32-,44-41-. The number of esters is 3. The first-order chi connectivity index (χ1) is 36.2. The lowest BCUT2D eigenvalue weighted by atomic mass is 10.1. The van der Waals surface area contributed by atoms with Gasteiger partial charge in [-0.15, -0.1) is 0 Å². The summed E-state index contributed by atoms with van der Waals surface area (Å²) in [7, 11) is -4.77. The topological polar surface area (TPSA) is 155 Å². The Morgan fingerprint density at radius 1 is 0.392 bits per heavy atom. The normalized spacial score (nSPS) is 14.1. The molecule has 424 valence electrons. The zero-order valence-corrected chi connectivity index (χ0v) is 47.7. The molecule has 0 aliphatic heterocycles. The van der Waals surface area contributed by atoms with Crippen molar-refractivity contribution in [1.82, 2.24) is 0 Å². The summed E-state index contributed by atoms with van der Waals surface area (Å²) in [4.78, 5) is 48.5. The van der Waals surface area contributed by atoms with Crippen molar-refractivity contribution in [2.24, 2.45) is 0 Å². The first kappa shape index (κ1) is 70.4. The van der Waals surface area contributed by atoms with Crippen molar-refractivity contribution in [2.45, 2.75) is 251 Å². The van der Waals surface area contributed by atoms with Gasteiger partial charge in [0.1, 0.15) is 12.7 Å². The smallest absolute Gasteiger partial charge is 0.462 e. The minimum Gasteiger partial charge on any atom is -0.462 e. The van der Waals surface area contributed by atoms with Gasteiger partial charge in [0.2, 0.25) is 0 Å². The number of phosphoric ester groups is 1. The summed E-state index contributed by atoms with van der Waals surface area (Å²) in [6, 6.07) is 0. The fourth-order valence-electron chi connectivity index (χ4n) is 7.54. The predicted octanol–water partition coefficient (Wildman–Crippen LogP) is 17.3. The van der Waals surface area contributed by atoms with Crippen molar-refractivity contribution >= 4 is 25.7 Å². The van der Waals surface area contributed by atoms with Crippen molar-refractivity contribution in [3.8, 4) is 0 Å². The molecule has 0 aromatic rings. The molecule has 0 amide bonds. The SMILES string of the molecule is CC/C=C\C/C=C\C/C=C\C/C=C\C/C=C\CCCC(=O)OC(COC(=O)CCCCCCC/C=C\C/C=C\CCC)COP(=O)(O)OCC(CO)OC(=O)CCCCCCCCC/C=C\CCCCCCCC. The van der Waals surface area contributed by atoms with E-state index in [-0.39, 0.29) is 25.9 Å². The van der Waals surface area contributed by atoms with Gasteiger partial charge in [0, 0.05) is 19.3 Å². The number of aliphatic hydroxyl groups excluding tert-OH is 1. The third-order valence-corrected chi connectivity index (χ3v) is 12.9. The van der Waals surface area contributed by atoms with Gasteiger partial charge in [-0.2, -0.15) is 0 Å². The lowest BCUT2D eigenvalue weighted by Crippen LogP contribution is -2.30. The molecule has 0 radical (unpaired) electrons. The van der Waals surface area contributed by atoms with Gasteiger partial charge in [0.05, 0.1) is 19.8 Å². The second-order valence-electron chi connectivity index (χ2n) is 19.1. The van der Waals surface area contributed by atoms with Crippen LogP contribution in [0.4, 0.5) is 0 Å². The van der Waals surface area contributed by atoms with Gasteiger partial charge < -0.3 is 24.2 Å². The fourth-order valence-corrected chi connectivity index (χ4v) is 8.33. The Hall–Kier alpha value is -3.60. The molecule has 11 nitrogen and oxygen atoms in total. The highest BCUT2D eigenvalue weighted by Gasteiger charge is 2.28. The maximum absolute atomic E-state index is 12.9. The first-order valence-corrected chi connectivity index (χ1v) is 30.6. The zero-order valence-electron chi connectivity index (χ0n) is 46.8. The van der Waals surface area contributed by atoms with Gasteiger partial charge in [-0.3, -0.25) is 23.4 Å². The maximum atomic E-state index is 12.9. The summed E-state index contributed by atoms with van der Waals surface area (Å²) in [6.45, 7) is 4.38. The number of hydrogen-bond acceptors (Lipinski definition) is 10. The molecule has 0 rings (SSSR count). The van der Waals surface area contributed by atoms with Crippen molar-refractivity contribution in [3.05, 3.63) is 97.2 Å². The third-order valence-electron chi connectivity index (χ3n) is 11.9. The number of ether oxygens (including phenoxy) is 3. The van der Waals surface area contributed by atoms with E-state index < -0.39 is 57.8 Å². The van der Waals surface area contributed by atoms with Crippen LogP contribution in [0.15, 0.2) is 97.2 Å². The minimum atomic E-state index is -4.77. The zero-order chi connectivity index (χ0) is 54.1. The van der Waals surface area contributed by atoms with E-state index in [9.17, 15) is 28.9 Å². The maximum Gasteiger partial charge on any atom is 0.472 e. The Kier molecular flexibility index (Phi) is 52.9.